The highest BCUT2D eigenvalue weighted by Crippen LogP contribution is 2.30. The molecule has 0 aromatic heterocycles. The molecule has 0 radical (unpaired) electrons. The predicted octanol–water partition coefficient (Wildman–Crippen LogP) is 3.74. The fourth-order valence-electron chi connectivity index (χ4n) is 4.16. The monoisotopic (exact) mass is 417 g/mol. The molecule has 0 saturated carbocycles. The van der Waals surface area contributed by atoms with Gasteiger partial charge in [-0.2, -0.15) is 0 Å². The van der Waals surface area contributed by atoms with E-state index in [1.54, 1.807) is 31.4 Å². The smallest absolute Gasteiger partial charge is 0.313 e. The SMILES string of the molecule is COc1ccc(NC(=O)C(=O)NC[C@H](c2cccc3ccccc23)N2CCCC2)cc1. The standard InChI is InChI=1S/C25H27N3O3/c1-31-20-13-11-19(12-14-20)27-25(30)24(29)26-17-23(28-15-4-5-16-28)22-10-6-8-18-7-2-3-9-21(18)22/h2-3,6-14,23H,4-5,15-17H2,1H3,(H,26,29)(H,27,30)/t23-/m1/s1. The van der Waals surface area contributed by atoms with E-state index in [0.29, 0.717) is 18.0 Å². The summed E-state index contributed by atoms with van der Waals surface area (Å²) in [7, 11) is 1.58. The van der Waals surface area contributed by atoms with Crippen LogP contribution in [0.2, 0.25) is 0 Å². The Morgan fingerprint density at radius 2 is 1.65 bits per heavy atom. The van der Waals surface area contributed by atoms with Crippen LogP contribution in [0.25, 0.3) is 10.8 Å². The maximum Gasteiger partial charge on any atom is 0.313 e. The third-order valence-corrected chi connectivity index (χ3v) is 5.77. The molecule has 1 heterocycles. The first kappa shape index (κ1) is 20.9. The zero-order valence-electron chi connectivity index (χ0n) is 17.6. The van der Waals surface area contributed by atoms with E-state index in [-0.39, 0.29) is 6.04 Å². The number of hydrogen-bond acceptors (Lipinski definition) is 4. The molecular weight excluding hydrogens is 390 g/mol. The molecule has 1 saturated heterocycles. The van der Waals surface area contributed by atoms with Gasteiger partial charge in [-0.1, -0.05) is 42.5 Å². The van der Waals surface area contributed by atoms with Crippen molar-refractivity contribution in [3.8, 4) is 5.75 Å². The number of hydrogen-bond donors (Lipinski definition) is 2. The lowest BCUT2D eigenvalue weighted by atomic mass is 9.97. The fraction of sp³-hybridized carbons (Fsp3) is 0.280. The molecule has 0 unspecified atom stereocenters. The summed E-state index contributed by atoms with van der Waals surface area (Å²) in [4.78, 5) is 27.3. The summed E-state index contributed by atoms with van der Waals surface area (Å²) in [5, 5.41) is 7.84. The Morgan fingerprint density at radius 3 is 2.39 bits per heavy atom. The van der Waals surface area contributed by atoms with Crippen LogP contribution in [0.1, 0.15) is 24.4 Å². The van der Waals surface area contributed by atoms with Crippen LogP contribution in [0.3, 0.4) is 0 Å². The molecule has 1 aliphatic rings. The van der Waals surface area contributed by atoms with Gasteiger partial charge >= 0.3 is 11.8 Å². The maximum absolute atomic E-state index is 12.5. The van der Waals surface area contributed by atoms with E-state index < -0.39 is 11.8 Å². The van der Waals surface area contributed by atoms with E-state index in [0.717, 1.165) is 25.9 Å². The number of amides is 2. The first-order valence-electron chi connectivity index (χ1n) is 10.6. The number of methoxy groups -OCH3 is 1. The van der Waals surface area contributed by atoms with Crippen LogP contribution in [-0.2, 0) is 9.59 Å². The molecule has 1 fully saturated rings. The second-order valence-electron chi connectivity index (χ2n) is 7.72. The Bertz CT molecular complexity index is 1050. The lowest BCUT2D eigenvalue weighted by Gasteiger charge is -2.29. The van der Waals surface area contributed by atoms with Crippen molar-refractivity contribution < 1.29 is 14.3 Å². The van der Waals surface area contributed by atoms with E-state index in [9.17, 15) is 9.59 Å². The number of ether oxygens (including phenoxy) is 1. The Kier molecular flexibility index (Phi) is 6.48. The molecule has 1 atom stereocenters. The van der Waals surface area contributed by atoms with Gasteiger partial charge in [-0.3, -0.25) is 14.5 Å². The second kappa shape index (κ2) is 9.62. The van der Waals surface area contributed by atoms with Crippen LogP contribution in [0.4, 0.5) is 5.69 Å². The summed E-state index contributed by atoms with van der Waals surface area (Å²) in [5.74, 6) is -0.630. The molecule has 0 aliphatic carbocycles. The summed E-state index contributed by atoms with van der Waals surface area (Å²) >= 11 is 0. The fourth-order valence-corrected chi connectivity index (χ4v) is 4.16. The van der Waals surface area contributed by atoms with Crippen LogP contribution >= 0.6 is 0 Å². The first-order valence-corrected chi connectivity index (χ1v) is 10.6. The zero-order chi connectivity index (χ0) is 21.6. The van der Waals surface area contributed by atoms with Crippen molar-refractivity contribution in [2.75, 3.05) is 32.1 Å². The minimum atomic E-state index is -0.678. The first-order chi connectivity index (χ1) is 15.2. The Morgan fingerprint density at radius 1 is 0.935 bits per heavy atom. The predicted molar refractivity (Wildman–Crippen MR) is 122 cm³/mol. The molecule has 3 aromatic carbocycles. The van der Waals surface area contributed by atoms with Gasteiger partial charge in [-0.05, 0) is 66.5 Å². The van der Waals surface area contributed by atoms with Crippen molar-refractivity contribution in [2.45, 2.75) is 18.9 Å². The Balaban J connectivity index is 1.47. The molecule has 1 aliphatic heterocycles. The van der Waals surface area contributed by atoms with Crippen LogP contribution in [0, 0.1) is 0 Å². The molecule has 6 heteroatoms. The maximum atomic E-state index is 12.5. The minimum absolute atomic E-state index is 0.0198. The number of carbonyl (C=O) groups is 2. The van der Waals surface area contributed by atoms with E-state index in [4.69, 9.17) is 4.74 Å². The van der Waals surface area contributed by atoms with Gasteiger partial charge < -0.3 is 15.4 Å². The van der Waals surface area contributed by atoms with Crippen molar-refractivity contribution >= 4 is 28.3 Å². The molecule has 0 bridgehead atoms. The molecule has 0 spiro atoms. The average molecular weight is 418 g/mol. The number of anilines is 1. The number of carbonyl (C=O) groups excluding carboxylic acids is 2. The van der Waals surface area contributed by atoms with Crippen molar-refractivity contribution in [3.63, 3.8) is 0 Å². The van der Waals surface area contributed by atoms with Gasteiger partial charge in [-0.15, -0.1) is 0 Å². The highest BCUT2D eigenvalue weighted by atomic mass is 16.5. The van der Waals surface area contributed by atoms with E-state index in [1.165, 1.54) is 16.3 Å². The van der Waals surface area contributed by atoms with Gasteiger partial charge in [-0.25, -0.2) is 0 Å². The lowest BCUT2D eigenvalue weighted by Crippen LogP contribution is -2.41. The molecule has 2 N–H and O–H groups in total. The van der Waals surface area contributed by atoms with Gasteiger partial charge in [0, 0.05) is 12.2 Å². The number of rotatable bonds is 6. The van der Waals surface area contributed by atoms with Crippen molar-refractivity contribution in [1.82, 2.24) is 10.2 Å². The number of fused-ring (bicyclic) bond motifs is 1. The third kappa shape index (κ3) is 4.86. The van der Waals surface area contributed by atoms with Gasteiger partial charge in [0.2, 0.25) is 0 Å². The van der Waals surface area contributed by atoms with Crippen molar-refractivity contribution in [2.24, 2.45) is 0 Å². The highest BCUT2D eigenvalue weighted by molar-refractivity contribution is 6.39. The number of nitrogens with zero attached hydrogens (tertiary/aromatic N) is 1. The third-order valence-electron chi connectivity index (χ3n) is 5.77. The average Bonchev–Trinajstić information content (AvgIpc) is 3.34. The lowest BCUT2D eigenvalue weighted by molar-refractivity contribution is -0.136. The minimum Gasteiger partial charge on any atom is -0.497 e. The Hall–Kier alpha value is -3.38. The Labute approximate surface area is 182 Å². The largest absolute Gasteiger partial charge is 0.497 e. The van der Waals surface area contributed by atoms with E-state index in [1.807, 2.05) is 12.1 Å². The van der Waals surface area contributed by atoms with Crippen LogP contribution in [-0.4, -0.2) is 43.5 Å². The van der Waals surface area contributed by atoms with Gasteiger partial charge in [0.25, 0.3) is 0 Å². The summed E-state index contributed by atoms with van der Waals surface area (Å²) in [5.41, 5.74) is 1.72. The second-order valence-corrected chi connectivity index (χ2v) is 7.72. The van der Waals surface area contributed by atoms with Gasteiger partial charge in [0.05, 0.1) is 13.2 Å². The van der Waals surface area contributed by atoms with Crippen LogP contribution in [0.5, 0.6) is 5.75 Å². The molecule has 160 valence electrons. The van der Waals surface area contributed by atoms with Crippen LogP contribution in [0.15, 0.2) is 66.7 Å². The molecule has 6 nitrogen and oxygen atoms in total. The number of benzene rings is 3. The van der Waals surface area contributed by atoms with Crippen molar-refractivity contribution in [3.05, 3.63) is 72.3 Å². The molecule has 31 heavy (non-hydrogen) atoms. The summed E-state index contributed by atoms with van der Waals surface area (Å²) < 4.78 is 5.11. The van der Waals surface area contributed by atoms with E-state index in [2.05, 4.69) is 45.9 Å². The molecule has 2 amide bonds. The van der Waals surface area contributed by atoms with Crippen LogP contribution < -0.4 is 15.4 Å². The van der Waals surface area contributed by atoms with Gasteiger partial charge in [0.1, 0.15) is 5.75 Å². The van der Waals surface area contributed by atoms with Gasteiger partial charge in [0.15, 0.2) is 0 Å². The molecular formula is C25H27N3O3. The van der Waals surface area contributed by atoms with Crippen molar-refractivity contribution in [1.29, 1.82) is 0 Å². The normalized spacial score (nSPS) is 14.9. The topological polar surface area (TPSA) is 70.7 Å². The number of likely N-dealkylation sites (tertiary alicyclic amines) is 1. The summed E-state index contributed by atoms with van der Waals surface area (Å²) in [6.45, 7) is 2.35. The zero-order valence-corrected chi connectivity index (χ0v) is 17.6. The molecule has 4 rings (SSSR count). The quantitative estimate of drug-likeness (QED) is 0.600. The van der Waals surface area contributed by atoms with E-state index >= 15 is 0 Å². The molecule has 3 aromatic rings. The summed E-state index contributed by atoms with van der Waals surface area (Å²) in [6, 6.07) is 21.4. The highest BCUT2D eigenvalue weighted by Gasteiger charge is 2.26. The number of nitrogens with one attached hydrogen (secondary N) is 2. The summed E-state index contributed by atoms with van der Waals surface area (Å²) in [6.07, 6.45) is 2.29.